The number of aromatic nitrogens is 1. The molecule has 0 bridgehead atoms. The topological polar surface area (TPSA) is 13.1 Å². The summed E-state index contributed by atoms with van der Waals surface area (Å²) in [6, 6.07) is 11.7. The normalized spacial score (nSPS) is 13.4. The third-order valence-electron chi connectivity index (χ3n) is 5.35. The number of aryl methyl sites for hydroxylation is 2. The van der Waals surface area contributed by atoms with E-state index in [1.165, 1.54) is 13.8 Å². The van der Waals surface area contributed by atoms with E-state index < -0.39 is 11.6 Å². The van der Waals surface area contributed by atoms with Gasteiger partial charge in [0.1, 0.15) is 12.8 Å². The fraction of sp³-hybridized carbons (Fsp3) is 0.318. The molecule has 5 heteroatoms. The first-order valence-electron chi connectivity index (χ1n) is 8.88. The number of nitrogens with zero attached hydrogens (tertiary/aromatic N) is 1. The Labute approximate surface area is 156 Å². The van der Waals surface area contributed by atoms with Crippen molar-refractivity contribution in [1.29, 1.82) is 0 Å². The van der Waals surface area contributed by atoms with Crippen LogP contribution in [0.3, 0.4) is 0 Å². The van der Waals surface area contributed by atoms with Gasteiger partial charge in [0.05, 0.1) is 11.0 Å². The highest BCUT2D eigenvalue weighted by molar-refractivity contribution is 6.03. The van der Waals surface area contributed by atoms with Crippen LogP contribution in [0.1, 0.15) is 25.0 Å². The van der Waals surface area contributed by atoms with Crippen LogP contribution in [0.15, 0.2) is 42.6 Å². The smallest absolute Gasteiger partial charge is 0.394 e. The van der Waals surface area contributed by atoms with Gasteiger partial charge in [0.25, 0.3) is 5.69 Å². The van der Waals surface area contributed by atoms with Crippen LogP contribution >= 0.6 is 0 Å². The Morgan fingerprint density at radius 2 is 1.78 bits per heavy atom. The third kappa shape index (κ3) is 2.76. The van der Waals surface area contributed by atoms with Crippen molar-refractivity contribution in [2.75, 3.05) is 0 Å². The lowest BCUT2D eigenvalue weighted by Gasteiger charge is -2.28. The number of pyridine rings is 1. The molecule has 0 aliphatic carbocycles. The number of benzene rings is 2. The van der Waals surface area contributed by atoms with E-state index in [1.807, 2.05) is 36.7 Å². The molecule has 4 rings (SSSR count). The Morgan fingerprint density at radius 3 is 2.48 bits per heavy atom. The summed E-state index contributed by atoms with van der Waals surface area (Å²) < 4.78 is 48.0. The van der Waals surface area contributed by atoms with Crippen molar-refractivity contribution in [3.8, 4) is 22.8 Å². The first-order chi connectivity index (χ1) is 12.6. The van der Waals surface area contributed by atoms with Gasteiger partial charge >= 0.3 is 6.18 Å². The molecule has 0 radical (unpaired) electrons. The van der Waals surface area contributed by atoms with Crippen LogP contribution in [-0.4, -0.2) is 6.18 Å². The van der Waals surface area contributed by atoms with Crippen LogP contribution in [0.2, 0.25) is 0 Å². The Bertz CT molecular complexity index is 1070. The molecule has 0 spiro atoms. The minimum Gasteiger partial charge on any atom is -0.450 e. The van der Waals surface area contributed by atoms with Gasteiger partial charge in [-0.05, 0) is 36.4 Å². The molecule has 0 unspecified atom stereocenters. The summed E-state index contributed by atoms with van der Waals surface area (Å²) in [5.41, 5.74) is 1.87. The van der Waals surface area contributed by atoms with E-state index in [0.717, 1.165) is 33.3 Å². The maximum absolute atomic E-state index is 13.3. The Balaban J connectivity index is 1.90. The highest BCUT2D eigenvalue weighted by Gasteiger charge is 2.47. The molecule has 0 amide bonds. The van der Waals surface area contributed by atoms with Crippen LogP contribution in [0.25, 0.3) is 22.0 Å². The number of alkyl halides is 3. The van der Waals surface area contributed by atoms with E-state index in [1.54, 1.807) is 12.3 Å². The molecule has 0 saturated heterocycles. The molecule has 1 aliphatic rings. The van der Waals surface area contributed by atoms with Crippen molar-refractivity contribution in [3.63, 3.8) is 0 Å². The van der Waals surface area contributed by atoms with E-state index in [4.69, 9.17) is 4.74 Å². The van der Waals surface area contributed by atoms with Crippen molar-refractivity contribution in [2.45, 2.75) is 33.4 Å². The molecule has 3 aromatic rings. The van der Waals surface area contributed by atoms with Crippen LogP contribution < -0.4 is 9.30 Å². The summed E-state index contributed by atoms with van der Waals surface area (Å²) >= 11 is 0. The van der Waals surface area contributed by atoms with E-state index in [0.29, 0.717) is 11.3 Å². The zero-order valence-corrected chi connectivity index (χ0v) is 15.7. The third-order valence-corrected chi connectivity index (χ3v) is 5.35. The van der Waals surface area contributed by atoms with E-state index >= 15 is 0 Å². The van der Waals surface area contributed by atoms with Gasteiger partial charge in [-0.1, -0.05) is 38.1 Å². The average Bonchev–Trinajstić information content (AvgIpc) is 2.55. The van der Waals surface area contributed by atoms with Gasteiger partial charge in [-0.3, -0.25) is 0 Å². The van der Waals surface area contributed by atoms with E-state index in [-0.39, 0.29) is 6.42 Å². The highest BCUT2D eigenvalue weighted by atomic mass is 19.4. The molecule has 2 nitrogen and oxygen atoms in total. The fourth-order valence-corrected chi connectivity index (χ4v) is 3.80. The highest BCUT2D eigenvalue weighted by Crippen LogP contribution is 2.47. The molecule has 27 heavy (non-hydrogen) atoms. The number of hydrogen-bond acceptors (Lipinski definition) is 1. The molecule has 2 heterocycles. The predicted octanol–water partition coefficient (Wildman–Crippen LogP) is 5.88. The van der Waals surface area contributed by atoms with Gasteiger partial charge in [-0.25, -0.2) is 0 Å². The maximum Gasteiger partial charge on any atom is 0.394 e. The number of hydrogen-bond donors (Lipinski definition) is 0. The lowest BCUT2D eigenvalue weighted by molar-refractivity contribution is -0.661. The van der Waals surface area contributed by atoms with Crippen LogP contribution in [0, 0.1) is 12.3 Å². The number of fused-ring (bicyclic) bond motifs is 2. The lowest BCUT2D eigenvalue weighted by Crippen LogP contribution is -2.37. The van der Waals surface area contributed by atoms with Crippen molar-refractivity contribution in [1.82, 2.24) is 0 Å². The lowest BCUT2D eigenvalue weighted by atomic mass is 9.85. The fourth-order valence-electron chi connectivity index (χ4n) is 3.80. The second-order valence-electron chi connectivity index (χ2n) is 7.94. The molecule has 1 aliphatic heterocycles. The van der Waals surface area contributed by atoms with Gasteiger partial charge in [0.15, 0.2) is 11.9 Å². The van der Waals surface area contributed by atoms with Crippen LogP contribution in [0.4, 0.5) is 13.2 Å². The van der Waals surface area contributed by atoms with Crippen molar-refractivity contribution in [3.05, 3.63) is 53.7 Å². The number of halogens is 3. The quantitative estimate of drug-likeness (QED) is 0.401. The summed E-state index contributed by atoms with van der Waals surface area (Å²) in [7, 11) is 1.86. The Kier molecular flexibility index (Phi) is 3.78. The summed E-state index contributed by atoms with van der Waals surface area (Å²) in [6.07, 6.45) is -2.59. The summed E-state index contributed by atoms with van der Waals surface area (Å²) in [4.78, 5) is 0. The summed E-state index contributed by atoms with van der Waals surface area (Å²) in [5, 5.41) is 2.13. The van der Waals surface area contributed by atoms with E-state index in [2.05, 4.69) is 12.1 Å². The molecule has 0 atom stereocenters. The molecule has 0 saturated carbocycles. The molecule has 1 aromatic heterocycles. The zero-order valence-electron chi connectivity index (χ0n) is 15.7. The molecule has 0 fully saturated rings. The number of rotatable bonds is 2. The minimum atomic E-state index is -4.27. The SMILES string of the molecule is Cc1ccc2cccc3c2c1-c1c(cc(CC(C)(C)C(F)(F)F)c[n+]1C)O3. The summed E-state index contributed by atoms with van der Waals surface area (Å²) in [5.74, 6) is 1.34. The van der Waals surface area contributed by atoms with Gasteiger partial charge in [0, 0.05) is 10.9 Å². The van der Waals surface area contributed by atoms with Crippen molar-refractivity contribution < 1.29 is 22.5 Å². The predicted molar refractivity (Wildman–Crippen MR) is 98.9 cm³/mol. The van der Waals surface area contributed by atoms with Gasteiger partial charge in [0.2, 0.25) is 0 Å². The van der Waals surface area contributed by atoms with Gasteiger partial charge in [-0.2, -0.15) is 17.7 Å². The zero-order chi connectivity index (χ0) is 19.6. The average molecular weight is 372 g/mol. The van der Waals surface area contributed by atoms with Crippen molar-refractivity contribution in [2.24, 2.45) is 12.5 Å². The van der Waals surface area contributed by atoms with Gasteiger partial charge in [-0.15, -0.1) is 0 Å². The number of ether oxygens (including phenoxy) is 1. The molecule has 0 N–H and O–H groups in total. The molecular weight excluding hydrogens is 351 g/mol. The monoisotopic (exact) mass is 372 g/mol. The van der Waals surface area contributed by atoms with Crippen molar-refractivity contribution >= 4 is 10.8 Å². The Morgan fingerprint density at radius 1 is 1.04 bits per heavy atom. The van der Waals surface area contributed by atoms with Crippen LogP contribution in [-0.2, 0) is 13.5 Å². The largest absolute Gasteiger partial charge is 0.450 e. The van der Waals surface area contributed by atoms with E-state index in [9.17, 15) is 13.2 Å². The second-order valence-corrected chi connectivity index (χ2v) is 7.94. The molecular formula is C22H21F3NO+. The Hall–Kier alpha value is -2.56. The minimum absolute atomic E-state index is 0.105. The molecule has 2 aromatic carbocycles. The molecule has 140 valence electrons. The standard InChI is InChI=1S/C22H21F3NO/c1-13-8-9-15-6-5-7-16-19(15)18(13)20-17(27-16)10-14(12-26(20)4)11-21(2,3)22(23,24)25/h5-10,12H,11H2,1-4H3/q+1. The first-order valence-corrected chi connectivity index (χ1v) is 8.88. The second kappa shape index (κ2) is 5.72. The van der Waals surface area contributed by atoms with Gasteiger partial charge < -0.3 is 4.74 Å². The first kappa shape index (κ1) is 17.8. The maximum atomic E-state index is 13.3. The summed E-state index contributed by atoms with van der Waals surface area (Å²) in [6.45, 7) is 4.50. The van der Waals surface area contributed by atoms with Crippen LogP contribution in [0.5, 0.6) is 11.5 Å².